The second kappa shape index (κ2) is 6.18. The number of carboxylic acid groups (broad SMARTS) is 1. The first-order valence-corrected chi connectivity index (χ1v) is 9.42. The molecule has 8 heteroatoms. The van der Waals surface area contributed by atoms with Gasteiger partial charge < -0.3 is 10.4 Å². The van der Waals surface area contributed by atoms with Gasteiger partial charge in [0.15, 0.2) is 0 Å². The van der Waals surface area contributed by atoms with E-state index >= 15 is 0 Å². The molecule has 2 unspecified atom stereocenters. The maximum Gasteiger partial charge on any atom is 0.327 e. The standard InChI is InChI=1S/C13H15BrN2O3S2/c14-8-3-9(20-5-8)4-15-13(19)16-10(12(17)18)6-21-11(16)7-1-2-7/h3,5,7,10-11H,1-2,4,6H2,(H,15,19)(H,17,18). The lowest BCUT2D eigenvalue weighted by Gasteiger charge is -2.27. The molecule has 2 amide bonds. The van der Waals surface area contributed by atoms with Gasteiger partial charge in [0, 0.05) is 20.5 Å². The van der Waals surface area contributed by atoms with Gasteiger partial charge in [-0.05, 0) is 40.8 Å². The zero-order valence-corrected chi connectivity index (χ0v) is 14.3. The number of carbonyl (C=O) groups is 2. The van der Waals surface area contributed by atoms with E-state index in [1.165, 1.54) is 4.90 Å². The van der Waals surface area contributed by atoms with Gasteiger partial charge in [0.05, 0.1) is 11.9 Å². The molecule has 0 spiro atoms. The number of amides is 2. The average molecular weight is 391 g/mol. The minimum Gasteiger partial charge on any atom is -0.480 e. The van der Waals surface area contributed by atoms with E-state index in [1.54, 1.807) is 23.1 Å². The molecule has 3 rings (SSSR count). The van der Waals surface area contributed by atoms with Gasteiger partial charge in [-0.2, -0.15) is 0 Å². The van der Waals surface area contributed by atoms with Crippen molar-refractivity contribution in [3.63, 3.8) is 0 Å². The van der Waals surface area contributed by atoms with Crippen LogP contribution in [0, 0.1) is 5.92 Å². The van der Waals surface area contributed by atoms with E-state index in [-0.39, 0.29) is 11.4 Å². The van der Waals surface area contributed by atoms with Crippen molar-refractivity contribution in [3.8, 4) is 0 Å². The highest BCUT2D eigenvalue weighted by molar-refractivity contribution is 9.10. The first kappa shape index (κ1) is 15.2. The molecular formula is C13H15BrN2O3S2. The number of hydrogen-bond donors (Lipinski definition) is 2. The van der Waals surface area contributed by atoms with Crippen LogP contribution in [-0.4, -0.2) is 39.2 Å². The second-order valence-corrected chi connectivity index (χ2v) is 8.27. The van der Waals surface area contributed by atoms with Gasteiger partial charge in [-0.3, -0.25) is 4.90 Å². The summed E-state index contributed by atoms with van der Waals surface area (Å²) in [6.07, 6.45) is 2.18. The summed E-state index contributed by atoms with van der Waals surface area (Å²) < 4.78 is 0.993. The molecule has 1 aromatic rings. The summed E-state index contributed by atoms with van der Waals surface area (Å²) in [5.74, 6) is 0.0229. The molecule has 2 fully saturated rings. The van der Waals surface area contributed by atoms with Gasteiger partial charge in [0.25, 0.3) is 0 Å². The van der Waals surface area contributed by atoms with Gasteiger partial charge in [0.1, 0.15) is 6.04 Å². The Morgan fingerprint density at radius 1 is 1.48 bits per heavy atom. The molecule has 1 aromatic heterocycles. The van der Waals surface area contributed by atoms with Crippen molar-refractivity contribution in [3.05, 3.63) is 20.8 Å². The molecule has 1 saturated carbocycles. The lowest BCUT2D eigenvalue weighted by atomic mass is 10.2. The normalized spacial score (nSPS) is 25.1. The third-order valence-corrected chi connectivity index (χ3v) is 6.77. The van der Waals surface area contributed by atoms with Crippen molar-refractivity contribution in [1.29, 1.82) is 0 Å². The molecule has 2 N–H and O–H groups in total. The molecule has 1 aliphatic heterocycles. The maximum atomic E-state index is 12.4. The molecular weight excluding hydrogens is 376 g/mol. The van der Waals surface area contributed by atoms with Crippen LogP contribution in [-0.2, 0) is 11.3 Å². The summed E-state index contributed by atoms with van der Waals surface area (Å²) in [6, 6.07) is 0.973. The zero-order valence-electron chi connectivity index (χ0n) is 11.1. The van der Waals surface area contributed by atoms with Crippen LogP contribution in [0.25, 0.3) is 0 Å². The number of thioether (sulfide) groups is 1. The number of rotatable bonds is 4. The van der Waals surface area contributed by atoms with Crippen LogP contribution >= 0.6 is 39.0 Å². The molecule has 21 heavy (non-hydrogen) atoms. The number of thiophene rings is 1. The Morgan fingerprint density at radius 3 is 2.81 bits per heavy atom. The summed E-state index contributed by atoms with van der Waals surface area (Å²) in [5, 5.41) is 14.1. The Labute approximate surface area is 139 Å². The molecule has 114 valence electrons. The summed E-state index contributed by atoms with van der Waals surface area (Å²) in [4.78, 5) is 26.3. The van der Waals surface area contributed by atoms with Crippen molar-refractivity contribution in [2.45, 2.75) is 30.8 Å². The summed E-state index contributed by atoms with van der Waals surface area (Å²) in [5.41, 5.74) is 0. The van der Waals surface area contributed by atoms with E-state index in [0.717, 1.165) is 22.2 Å². The fraction of sp³-hybridized carbons (Fsp3) is 0.538. The van der Waals surface area contributed by atoms with Crippen LogP contribution < -0.4 is 5.32 Å². The zero-order chi connectivity index (χ0) is 15.0. The van der Waals surface area contributed by atoms with E-state index in [4.69, 9.17) is 0 Å². The largest absolute Gasteiger partial charge is 0.480 e. The number of halogens is 1. The molecule has 0 bridgehead atoms. The highest BCUT2D eigenvalue weighted by Crippen LogP contribution is 2.45. The molecule has 5 nitrogen and oxygen atoms in total. The monoisotopic (exact) mass is 390 g/mol. The van der Waals surface area contributed by atoms with Gasteiger partial charge in [-0.15, -0.1) is 23.1 Å². The average Bonchev–Trinajstić information content (AvgIpc) is 3.04. The topological polar surface area (TPSA) is 69.6 Å². The summed E-state index contributed by atoms with van der Waals surface area (Å²) in [7, 11) is 0. The van der Waals surface area contributed by atoms with Crippen LogP contribution in [0.3, 0.4) is 0 Å². The van der Waals surface area contributed by atoms with Gasteiger partial charge in [-0.1, -0.05) is 0 Å². The van der Waals surface area contributed by atoms with Crippen LogP contribution in [0.15, 0.2) is 15.9 Å². The van der Waals surface area contributed by atoms with Crippen LogP contribution in [0.4, 0.5) is 4.79 Å². The fourth-order valence-electron chi connectivity index (χ4n) is 2.42. The van der Waals surface area contributed by atoms with Crippen LogP contribution in [0.5, 0.6) is 0 Å². The highest BCUT2D eigenvalue weighted by Gasteiger charge is 2.48. The summed E-state index contributed by atoms with van der Waals surface area (Å²) in [6.45, 7) is 0.431. The van der Waals surface area contributed by atoms with Crippen molar-refractivity contribution in [2.75, 3.05) is 5.75 Å². The quantitative estimate of drug-likeness (QED) is 0.828. The third-order valence-electron chi connectivity index (χ3n) is 3.62. The number of carbonyl (C=O) groups excluding carboxylic acids is 1. The Balaban J connectivity index is 1.66. The van der Waals surface area contributed by atoms with E-state index < -0.39 is 12.0 Å². The van der Waals surface area contributed by atoms with E-state index in [0.29, 0.717) is 18.2 Å². The molecule has 1 saturated heterocycles. The Kier molecular flexibility index (Phi) is 4.46. The van der Waals surface area contributed by atoms with E-state index in [9.17, 15) is 14.7 Å². The second-order valence-electron chi connectivity index (χ2n) is 5.21. The van der Waals surface area contributed by atoms with Gasteiger partial charge in [-0.25, -0.2) is 9.59 Å². The van der Waals surface area contributed by atoms with Crippen molar-refractivity contribution < 1.29 is 14.7 Å². The Bertz CT molecular complexity index is 561. The number of nitrogens with zero attached hydrogens (tertiary/aromatic N) is 1. The number of urea groups is 1. The summed E-state index contributed by atoms with van der Waals surface area (Å²) >= 11 is 6.53. The molecule has 0 aromatic carbocycles. The third kappa shape index (κ3) is 3.37. The Morgan fingerprint density at radius 2 is 2.24 bits per heavy atom. The Hall–Kier alpha value is -0.730. The number of hydrogen-bond acceptors (Lipinski definition) is 4. The SMILES string of the molecule is O=C(O)C1CSC(C2CC2)N1C(=O)NCc1cc(Br)cs1. The molecule has 2 heterocycles. The molecule has 2 atom stereocenters. The predicted molar refractivity (Wildman–Crippen MR) is 86.5 cm³/mol. The number of carboxylic acids is 1. The first-order chi connectivity index (χ1) is 10.1. The minimum absolute atomic E-state index is 0.0150. The molecule has 1 aliphatic carbocycles. The van der Waals surface area contributed by atoms with Gasteiger partial charge in [0.2, 0.25) is 0 Å². The highest BCUT2D eigenvalue weighted by atomic mass is 79.9. The first-order valence-electron chi connectivity index (χ1n) is 6.69. The lowest BCUT2D eigenvalue weighted by molar-refractivity contribution is -0.141. The smallest absolute Gasteiger partial charge is 0.327 e. The molecule has 0 radical (unpaired) electrons. The van der Waals surface area contributed by atoms with Crippen molar-refractivity contribution in [1.82, 2.24) is 10.2 Å². The van der Waals surface area contributed by atoms with E-state index in [2.05, 4.69) is 21.2 Å². The fourth-order valence-corrected chi connectivity index (χ4v) is 5.44. The van der Waals surface area contributed by atoms with E-state index in [1.807, 2.05) is 11.4 Å². The van der Waals surface area contributed by atoms with Crippen LogP contribution in [0.2, 0.25) is 0 Å². The number of nitrogens with one attached hydrogen (secondary N) is 1. The van der Waals surface area contributed by atoms with Crippen LogP contribution in [0.1, 0.15) is 17.7 Å². The van der Waals surface area contributed by atoms with Crippen molar-refractivity contribution >= 4 is 51.0 Å². The maximum absolute atomic E-state index is 12.4. The molecule has 2 aliphatic rings. The number of aliphatic carboxylic acids is 1. The van der Waals surface area contributed by atoms with Crippen molar-refractivity contribution in [2.24, 2.45) is 5.92 Å². The minimum atomic E-state index is -0.917. The van der Waals surface area contributed by atoms with Gasteiger partial charge >= 0.3 is 12.0 Å². The predicted octanol–water partition coefficient (Wildman–Crippen LogP) is 2.96. The lowest BCUT2D eigenvalue weighted by Crippen LogP contribution is -2.50.